The van der Waals surface area contributed by atoms with E-state index in [0.717, 1.165) is 30.4 Å². The van der Waals surface area contributed by atoms with Gasteiger partial charge < -0.3 is 10.2 Å². The van der Waals surface area contributed by atoms with Gasteiger partial charge in [0.2, 0.25) is 11.8 Å². The van der Waals surface area contributed by atoms with Crippen LogP contribution in [-0.4, -0.2) is 45.0 Å². The molecule has 8 heteroatoms. The third kappa shape index (κ3) is 4.52. The highest BCUT2D eigenvalue weighted by molar-refractivity contribution is 6.01. The summed E-state index contributed by atoms with van der Waals surface area (Å²) in [4.78, 5) is 30.7. The first-order chi connectivity index (χ1) is 19.0. The first-order valence-electron chi connectivity index (χ1n) is 14.2. The fourth-order valence-corrected chi connectivity index (χ4v) is 6.74. The van der Waals surface area contributed by atoms with Gasteiger partial charge in [0.1, 0.15) is 5.82 Å². The molecule has 0 radical (unpaired) electrons. The summed E-state index contributed by atoms with van der Waals surface area (Å²) in [6, 6.07) is 13.2. The summed E-state index contributed by atoms with van der Waals surface area (Å²) in [5, 5.41) is 25.3. The summed E-state index contributed by atoms with van der Waals surface area (Å²) in [7, 11) is 0. The molecule has 1 saturated carbocycles. The normalized spacial score (nSPS) is 26.4. The molecule has 7 nitrogen and oxygen atoms in total. The zero-order chi connectivity index (χ0) is 28.3. The Kier molecular flexibility index (Phi) is 6.56. The number of halogens is 1. The van der Waals surface area contributed by atoms with Crippen LogP contribution in [0.5, 0.6) is 0 Å². The third-order valence-electron chi connectivity index (χ3n) is 9.51. The summed E-state index contributed by atoms with van der Waals surface area (Å²) < 4.78 is 16.2. The zero-order valence-corrected chi connectivity index (χ0v) is 23.0. The van der Waals surface area contributed by atoms with Gasteiger partial charge in [-0.05, 0) is 60.9 Å². The van der Waals surface area contributed by atoms with Crippen molar-refractivity contribution in [3.63, 3.8) is 0 Å². The fourth-order valence-electron chi connectivity index (χ4n) is 6.74. The Morgan fingerprint density at radius 3 is 2.48 bits per heavy atom. The van der Waals surface area contributed by atoms with Crippen LogP contribution in [0.25, 0.3) is 10.9 Å². The van der Waals surface area contributed by atoms with Crippen molar-refractivity contribution in [2.75, 3.05) is 13.1 Å². The number of likely N-dealkylation sites (tertiary alicyclic amines) is 1. The van der Waals surface area contributed by atoms with Gasteiger partial charge in [0, 0.05) is 48.6 Å². The van der Waals surface area contributed by atoms with Crippen LogP contribution >= 0.6 is 0 Å². The molecule has 0 bridgehead atoms. The molecule has 2 atom stereocenters. The highest BCUT2D eigenvalue weighted by atomic mass is 19.1. The van der Waals surface area contributed by atoms with Crippen LogP contribution in [0.15, 0.2) is 48.7 Å². The maximum atomic E-state index is 16.2. The van der Waals surface area contributed by atoms with Gasteiger partial charge in [-0.1, -0.05) is 44.2 Å². The molecule has 2 amide bonds. The van der Waals surface area contributed by atoms with Crippen LogP contribution in [0.2, 0.25) is 0 Å². The van der Waals surface area contributed by atoms with Gasteiger partial charge in [-0.2, -0.15) is 0 Å². The van der Waals surface area contributed by atoms with Crippen molar-refractivity contribution in [3.8, 4) is 0 Å². The van der Waals surface area contributed by atoms with Crippen molar-refractivity contribution >= 4 is 22.7 Å². The minimum absolute atomic E-state index is 0.230. The Balaban J connectivity index is 1.23. The summed E-state index contributed by atoms with van der Waals surface area (Å²) >= 11 is 0. The molecule has 3 aliphatic rings. The van der Waals surface area contributed by atoms with Crippen LogP contribution in [0.3, 0.4) is 0 Å². The average molecular weight is 546 g/mol. The predicted octanol–water partition coefficient (Wildman–Crippen LogP) is 4.39. The molecule has 2 aromatic carbocycles. The maximum absolute atomic E-state index is 16.2. The summed E-state index contributed by atoms with van der Waals surface area (Å²) in [5.41, 5.74) is 0.625. The van der Waals surface area contributed by atoms with Crippen LogP contribution in [0, 0.1) is 11.2 Å². The number of hydrogen-bond acceptors (Lipinski definition) is 6. The number of rotatable bonds is 5. The SMILES string of the molecule is CC1(C)CN(Cc2ccc(C3(O)CCC3)cc2)CCC1(O)c1ccc2ncc(C3CCC(=O)NC3=O)cc2c1F. The van der Waals surface area contributed by atoms with Gasteiger partial charge in [-0.25, -0.2) is 4.39 Å². The number of amides is 2. The zero-order valence-electron chi connectivity index (χ0n) is 23.0. The van der Waals surface area contributed by atoms with Crippen molar-refractivity contribution in [1.82, 2.24) is 15.2 Å². The Morgan fingerprint density at radius 2 is 1.82 bits per heavy atom. The fraction of sp³-hybridized carbons (Fsp3) is 0.469. The Hall–Kier alpha value is -3.20. The number of fused-ring (bicyclic) bond motifs is 1. The Morgan fingerprint density at radius 1 is 1.07 bits per heavy atom. The number of carbonyl (C=O) groups is 2. The lowest BCUT2D eigenvalue weighted by atomic mass is 9.66. The molecule has 2 unspecified atom stereocenters. The molecule has 1 aliphatic carbocycles. The molecular formula is C32H36FN3O4. The molecule has 0 spiro atoms. The number of pyridine rings is 1. The van der Waals surface area contributed by atoms with Gasteiger partial charge in [-0.15, -0.1) is 0 Å². The monoisotopic (exact) mass is 545 g/mol. The van der Waals surface area contributed by atoms with Crippen LogP contribution < -0.4 is 5.32 Å². The van der Waals surface area contributed by atoms with Crippen molar-refractivity contribution < 1.29 is 24.2 Å². The molecule has 3 aromatic rings. The molecule has 2 aliphatic heterocycles. The Labute approximate surface area is 233 Å². The van der Waals surface area contributed by atoms with Gasteiger partial charge in [0.05, 0.1) is 22.6 Å². The van der Waals surface area contributed by atoms with Gasteiger partial charge in [0.15, 0.2) is 0 Å². The predicted molar refractivity (Wildman–Crippen MR) is 149 cm³/mol. The van der Waals surface area contributed by atoms with Crippen molar-refractivity contribution in [2.45, 2.75) is 76.0 Å². The molecule has 3 N–H and O–H groups in total. The quantitative estimate of drug-likeness (QED) is 0.411. The minimum Gasteiger partial charge on any atom is -0.385 e. The van der Waals surface area contributed by atoms with E-state index < -0.39 is 34.3 Å². The van der Waals surface area contributed by atoms with Gasteiger partial charge in [-0.3, -0.25) is 24.8 Å². The largest absolute Gasteiger partial charge is 0.385 e. The van der Waals surface area contributed by atoms with Crippen molar-refractivity contribution in [3.05, 3.63) is 76.7 Å². The summed E-state index contributed by atoms with van der Waals surface area (Å²) in [5.74, 6) is -1.78. The molecule has 3 heterocycles. The van der Waals surface area contributed by atoms with E-state index in [2.05, 4.69) is 27.3 Å². The lowest BCUT2D eigenvalue weighted by Gasteiger charge is -2.50. The van der Waals surface area contributed by atoms with E-state index in [1.807, 2.05) is 26.0 Å². The highest BCUT2D eigenvalue weighted by Crippen LogP contribution is 2.48. The lowest BCUT2D eigenvalue weighted by Crippen LogP contribution is -2.55. The average Bonchev–Trinajstić information content (AvgIpc) is 2.90. The topological polar surface area (TPSA) is 103 Å². The second kappa shape index (κ2) is 9.72. The Bertz CT molecular complexity index is 1480. The lowest BCUT2D eigenvalue weighted by molar-refractivity contribution is -0.134. The molecule has 3 fully saturated rings. The van der Waals surface area contributed by atoms with E-state index in [1.54, 1.807) is 24.4 Å². The van der Waals surface area contributed by atoms with E-state index in [4.69, 9.17) is 0 Å². The number of piperidine rings is 2. The number of nitrogens with one attached hydrogen (secondary N) is 1. The van der Waals surface area contributed by atoms with E-state index in [0.29, 0.717) is 43.6 Å². The van der Waals surface area contributed by atoms with Crippen LogP contribution in [-0.2, 0) is 27.3 Å². The molecule has 210 valence electrons. The standard InChI is InChI=1S/C32H36FN3O4/c1-30(2)19-36(18-20-4-6-22(7-5-20)31(39)12-3-13-31)15-14-32(30,40)25-9-10-26-24(28(25)33)16-21(17-34-26)23-8-11-27(37)35-29(23)38/h4-7,9-10,16-17,23,39-40H,3,8,11-15,18-19H2,1-2H3,(H,35,37,38). The van der Waals surface area contributed by atoms with Crippen LogP contribution in [0.1, 0.15) is 80.5 Å². The van der Waals surface area contributed by atoms with Crippen molar-refractivity contribution in [1.29, 1.82) is 0 Å². The van der Waals surface area contributed by atoms with Gasteiger partial charge in [0.25, 0.3) is 0 Å². The number of hydrogen-bond donors (Lipinski definition) is 3. The summed E-state index contributed by atoms with van der Waals surface area (Å²) in [6.07, 6.45) is 5.19. The first-order valence-corrected chi connectivity index (χ1v) is 14.2. The molecule has 2 saturated heterocycles. The molecule has 1 aromatic heterocycles. The molecular weight excluding hydrogens is 509 g/mol. The van der Waals surface area contributed by atoms with Crippen molar-refractivity contribution in [2.24, 2.45) is 5.41 Å². The highest BCUT2D eigenvalue weighted by Gasteiger charge is 2.50. The number of benzene rings is 2. The number of aliphatic hydroxyl groups is 2. The number of aromatic nitrogens is 1. The third-order valence-corrected chi connectivity index (χ3v) is 9.51. The first kappa shape index (κ1) is 27.0. The van der Waals surface area contributed by atoms with E-state index in [1.165, 1.54) is 0 Å². The summed E-state index contributed by atoms with van der Waals surface area (Å²) in [6.45, 7) is 5.81. The van der Waals surface area contributed by atoms with E-state index in [-0.39, 0.29) is 23.3 Å². The molecule has 6 rings (SSSR count). The second-order valence-corrected chi connectivity index (χ2v) is 12.6. The minimum atomic E-state index is -1.40. The van der Waals surface area contributed by atoms with Crippen LogP contribution in [0.4, 0.5) is 4.39 Å². The smallest absolute Gasteiger partial charge is 0.234 e. The van der Waals surface area contributed by atoms with E-state index >= 15 is 4.39 Å². The van der Waals surface area contributed by atoms with Gasteiger partial charge >= 0.3 is 0 Å². The maximum Gasteiger partial charge on any atom is 0.234 e. The second-order valence-electron chi connectivity index (χ2n) is 12.6. The van der Waals surface area contributed by atoms with E-state index in [9.17, 15) is 19.8 Å². The molecule has 40 heavy (non-hydrogen) atoms. The number of nitrogens with zero attached hydrogens (tertiary/aromatic N) is 2. The number of imide groups is 1. The number of carbonyl (C=O) groups excluding carboxylic acids is 2.